The van der Waals surface area contributed by atoms with Crippen LogP contribution in [0.5, 0.6) is 0 Å². The third-order valence-corrected chi connectivity index (χ3v) is 6.47. The number of carbonyl (C=O) groups is 2. The SMILES string of the molecule is CCC(C)(C)NC(=O)[C@H](c1ccccc1)N(C[C@H]1CCCO1)C(=O)Cn1nnc2ccccc21. The molecule has 1 aliphatic heterocycles. The molecule has 4 rings (SSSR count). The first-order valence-corrected chi connectivity index (χ1v) is 11.9. The average molecular weight is 464 g/mol. The minimum absolute atomic E-state index is 0.0129. The fraction of sp³-hybridized carbons (Fsp3) is 0.462. The highest BCUT2D eigenvalue weighted by Gasteiger charge is 2.36. The Balaban J connectivity index is 1.69. The van der Waals surface area contributed by atoms with Gasteiger partial charge in [-0.05, 0) is 50.8 Å². The van der Waals surface area contributed by atoms with Gasteiger partial charge in [-0.2, -0.15) is 0 Å². The summed E-state index contributed by atoms with van der Waals surface area (Å²) in [6.45, 7) is 7.00. The summed E-state index contributed by atoms with van der Waals surface area (Å²) in [4.78, 5) is 29.1. The number of carbonyl (C=O) groups excluding carboxylic acids is 2. The summed E-state index contributed by atoms with van der Waals surface area (Å²) in [6.07, 6.45) is 2.48. The van der Waals surface area contributed by atoms with E-state index in [1.54, 1.807) is 9.58 Å². The summed E-state index contributed by atoms with van der Waals surface area (Å²) < 4.78 is 7.46. The fourth-order valence-corrected chi connectivity index (χ4v) is 4.21. The van der Waals surface area contributed by atoms with Gasteiger partial charge in [-0.25, -0.2) is 4.68 Å². The number of amides is 2. The zero-order valence-electron chi connectivity index (χ0n) is 20.1. The molecule has 8 heteroatoms. The molecule has 2 heterocycles. The van der Waals surface area contributed by atoms with Gasteiger partial charge in [0.1, 0.15) is 18.1 Å². The topological polar surface area (TPSA) is 89.4 Å². The van der Waals surface area contributed by atoms with Crippen LogP contribution >= 0.6 is 0 Å². The highest BCUT2D eigenvalue weighted by atomic mass is 16.5. The van der Waals surface area contributed by atoms with Crippen molar-refractivity contribution in [1.82, 2.24) is 25.2 Å². The summed E-state index contributed by atoms with van der Waals surface area (Å²) >= 11 is 0. The maximum atomic E-state index is 13.8. The molecule has 1 N–H and O–H groups in total. The van der Waals surface area contributed by atoms with Crippen molar-refractivity contribution >= 4 is 22.8 Å². The minimum atomic E-state index is -0.779. The molecule has 2 amide bonds. The van der Waals surface area contributed by atoms with E-state index in [4.69, 9.17) is 4.74 Å². The van der Waals surface area contributed by atoms with Crippen LogP contribution < -0.4 is 5.32 Å². The molecule has 1 saturated heterocycles. The summed E-state index contributed by atoms with van der Waals surface area (Å²) in [7, 11) is 0. The number of benzene rings is 2. The molecule has 0 saturated carbocycles. The zero-order chi connectivity index (χ0) is 24.1. The van der Waals surface area contributed by atoms with Crippen LogP contribution in [0.1, 0.15) is 51.6 Å². The Hall–Kier alpha value is -3.26. The molecule has 0 radical (unpaired) electrons. The van der Waals surface area contributed by atoms with Crippen molar-refractivity contribution in [1.29, 1.82) is 0 Å². The Morgan fingerprint density at radius 2 is 1.91 bits per heavy atom. The van der Waals surface area contributed by atoms with Gasteiger partial charge < -0.3 is 15.0 Å². The van der Waals surface area contributed by atoms with Crippen molar-refractivity contribution < 1.29 is 14.3 Å². The van der Waals surface area contributed by atoms with Gasteiger partial charge in [0.25, 0.3) is 0 Å². The van der Waals surface area contributed by atoms with Crippen LogP contribution in [0.25, 0.3) is 11.0 Å². The summed E-state index contributed by atoms with van der Waals surface area (Å²) in [5.74, 6) is -0.405. The van der Waals surface area contributed by atoms with E-state index in [-0.39, 0.29) is 24.5 Å². The first kappa shape index (κ1) is 23.9. The van der Waals surface area contributed by atoms with E-state index in [9.17, 15) is 9.59 Å². The van der Waals surface area contributed by atoms with Crippen molar-refractivity contribution in [2.75, 3.05) is 13.2 Å². The lowest BCUT2D eigenvalue weighted by Crippen LogP contribution is -2.52. The molecule has 0 aliphatic carbocycles. The Morgan fingerprint density at radius 1 is 1.18 bits per heavy atom. The van der Waals surface area contributed by atoms with E-state index in [0.717, 1.165) is 35.9 Å². The average Bonchev–Trinajstić information content (AvgIpc) is 3.49. The van der Waals surface area contributed by atoms with Crippen LogP contribution in [0, 0.1) is 0 Å². The summed E-state index contributed by atoms with van der Waals surface area (Å²) in [5, 5.41) is 11.5. The lowest BCUT2D eigenvalue weighted by Gasteiger charge is -2.35. The number of nitrogens with one attached hydrogen (secondary N) is 1. The molecule has 2 atom stereocenters. The van der Waals surface area contributed by atoms with E-state index in [2.05, 4.69) is 15.6 Å². The maximum absolute atomic E-state index is 13.8. The van der Waals surface area contributed by atoms with Gasteiger partial charge in [-0.1, -0.05) is 54.6 Å². The molecule has 1 fully saturated rings. The standard InChI is InChI=1S/C26H33N5O3/c1-4-26(2,3)27-25(33)24(19-11-6-5-7-12-19)30(17-20-13-10-16-34-20)23(32)18-31-22-15-9-8-14-21(22)28-29-31/h5-9,11-12,14-15,20,24H,4,10,13,16-18H2,1-3H3,(H,27,33)/t20-,24+/m1/s1. The van der Waals surface area contributed by atoms with Crippen molar-refractivity contribution in [3.63, 3.8) is 0 Å². The van der Waals surface area contributed by atoms with Crippen molar-refractivity contribution in [3.05, 3.63) is 60.2 Å². The first-order chi connectivity index (χ1) is 16.4. The highest BCUT2D eigenvalue weighted by Crippen LogP contribution is 2.26. The second-order valence-corrected chi connectivity index (χ2v) is 9.46. The van der Waals surface area contributed by atoms with Crippen molar-refractivity contribution in [2.24, 2.45) is 0 Å². The van der Waals surface area contributed by atoms with Gasteiger partial charge in [0.15, 0.2) is 0 Å². The Labute approximate surface area is 200 Å². The molecule has 2 aromatic carbocycles. The normalized spacial score (nSPS) is 17.0. The van der Waals surface area contributed by atoms with Crippen LogP contribution in [0.4, 0.5) is 0 Å². The molecule has 8 nitrogen and oxygen atoms in total. The minimum Gasteiger partial charge on any atom is -0.376 e. The third-order valence-electron chi connectivity index (χ3n) is 6.47. The van der Waals surface area contributed by atoms with E-state index in [1.165, 1.54) is 0 Å². The number of rotatable bonds is 9. The smallest absolute Gasteiger partial charge is 0.247 e. The van der Waals surface area contributed by atoms with Gasteiger partial charge in [0.2, 0.25) is 11.8 Å². The Morgan fingerprint density at radius 3 is 2.62 bits per heavy atom. The van der Waals surface area contributed by atoms with Gasteiger partial charge in [-0.15, -0.1) is 5.10 Å². The van der Waals surface area contributed by atoms with Crippen LogP contribution in [0.3, 0.4) is 0 Å². The van der Waals surface area contributed by atoms with Crippen LogP contribution in [-0.4, -0.2) is 56.5 Å². The molecule has 1 aliphatic rings. The quantitative estimate of drug-likeness (QED) is 0.525. The van der Waals surface area contributed by atoms with E-state index >= 15 is 0 Å². The number of hydrogen-bond donors (Lipinski definition) is 1. The Bertz CT molecular complexity index is 1120. The van der Waals surface area contributed by atoms with E-state index < -0.39 is 11.6 Å². The van der Waals surface area contributed by atoms with E-state index in [1.807, 2.05) is 75.4 Å². The lowest BCUT2D eigenvalue weighted by molar-refractivity contribution is -0.144. The fourth-order valence-electron chi connectivity index (χ4n) is 4.21. The molecule has 1 aromatic heterocycles. The molecule has 0 spiro atoms. The molecule has 0 bridgehead atoms. The molecule has 0 unspecified atom stereocenters. The van der Waals surface area contributed by atoms with Gasteiger partial charge >= 0.3 is 0 Å². The van der Waals surface area contributed by atoms with Crippen LogP contribution in [0.15, 0.2) is 54.6 Å². The van der Waals surface area contributed by atoms with Gasteiger partial charge in [-0.3, -0.25) is 9.59 Å². The molecular weight excluding hydrogens is 430 g/mol. The molecule has 180 valence electrons. The number of hydrogen-bond acceptors (Lipinski definition) is 5. The summed E-state index contributed by atoms with van der Waals surface area (Å²) in [6, 6.07) is 16.2. The third kappa shape index (κ3) is 5.44. The van der Waals surface area contributed by atoms with E-state index in [0.29, 0.717) is 13.2 Å². The molecular formula is C26H33N5O3. The number of para-hydroxylation sites is 1. The van der Waals surface area contributed by atoms with Crippen LogP contribution in [0.2, 0.25) is 0 Å². The number of nitrogens with zero attached hydrogens (tertiary/aromatic N) is 4. The summed E-state index contributed by atoms with van der Waals surface area (Å²) in [5.41, 5.74) is 1.87. The maximum Gasteiger partial charge on any atom is 0.247 e. The van der Waals surface area contributed by atoms with Crippen molar-refractivity contribution in [3.8, 4) is 0 Å². The molecule has 34 heavy (non-hydrogen) atoms. The van der Waals surface area contributed by atoms with Gasteiger partial charge in [0.05, 0.1) is 11.6 Å². The number of ether oxygens (including phenoxy) is 1. The Kier molecular flexibility index (Phi) is 7.26. The molecule has 3 aromatic rings. The second kappa shape index (κ2) is 10.3. The zero-order valence-corrected chi connectivity index (χ0v) is 20.1. The predicted molar refractivity (Wildman–Crippen MR) is 130 cm³/mol. The first-order valence-electron chi connectivity index (χ1n) is 11.9. The number of fused-ring (bicyclic) bond motifs is 1. The largest absolute Gasteiger partial charge is 0.376 e. The van der Waals surface area contributed by atoms with Gasteiger partial charge in [0, 0.05) is 18.7 Å². The lowest BCUT2D eigenvalue weighted by atomic mass is 9.98. The highest BCUT2D eigenvalue weighted by molar-refractivity contribution is 5.89. The predicted octanol–water partition coefficient (Wildman–Crippen LogP) is 3.49. The van der Waals surface area contributed by atoms with Crippen molar-refractivity contribution in [2.45, 2.75) is 64.3 Å². The number of aromatic nitrogens is 3. The van der Waals surface area contributed by atoms with Crippen LogP contribution in [-0.2, 0) is 20.9 Å². The monoisotopic (exact) mass is 463 g/mol. The second-order valence-electron chi connectivity index (χ2n) is 9.46.